The first-order valence-corrected chi connectivity index (χ1v) is 8.38. The van der Waals surface area contributed by atoms with Crippen LogP contribution < -0.4 is 0 Å². The number of carboxylic acid groups (broad SMARTS) is 1. The van der Waals surface area contributed by atoms with Crippen LogP contribution in [0.1, 0.15) is 61.1 Å². The fourth-order valence-corrected chi connectivity index (χ4v) is 4.50. The summed E-state index contributed by atoms with van der Waals surface area (Å²) < 4.78 is 0. The first kappa shape index (κ1) is 14.4. The highest BCUT2D eigenvalue weighted by Crippen LogP contribution is 2.55. The minimum absolute atomic E-state index is 0.0249. The van der Waals surface area contributed by atoms with E-state index in [2.05, 4.69) is 30.3 Å². The molecule has 0 unspecified atom stereocenters. The SMILES string of the molecule is O=C(O)c1ccc2c(c1)[C@@H]1c3ccccc3[C@H]2c2cc(CO)ccc21. The van der Waals surface area contributed by atoms with Gasteiger partial charge in [-0.1, -0.05) is 48.5 Å². The number of aliphatic hydroxyl groups excluding tert-OH is 1. The number of benzene rings is 3. The van der Waals surface area contributed by atoms with Crippen molar-refractivity contribution in [1.29, 1.82) is 0 Å². The summed E-state index contributed by atoms with van der Waals surface area (Å²) in [7, 11) is 0. The lowest BCUT2D eigenvalue weighted by Gasteiger charge is -2.42. The normalized spacial score (nSPS) is 19.1. The molecule has 2 bridgehead atoms. The molecule has 0 spiro atoms. The summed E-state index contributed by atoms with van der Waals surface area (Å²) in [5, 5.41) is 18.9. The number of carboxylic acids is 1. The van der Waals surface area contributed by atoms with Crippen LogP contribution in [-0.2, 0) is 6.61 Å². The number of carbonyl (C=O) groups is 1. The van der Waals surface area contributed by atoms with Crippen LogP contribution in [0.3, 0.4) is 0 Å². The molecule has 0 saturated carbocycles. The molecule has 0 radical (unpaired) electrons. The lowest BCUT2D eigenvalue weighted by atomic mass is 9.61. The zero-order valence-electron chi connectivity index (χ0n) is 13.4. The average molecular weight is 328 g/mol. The summed E-state index contributed by atoms with van der Waals surface area (Å²) >= 11 is 0. The topological polar surface area (TPSA) is 57.5 Å². The van der Waals surface area contributed by atoms with Gasteiger partial charge in [-0.05, 0) is 51.1 Å². The lowest BCUT2D eigenvalue weighted by Crippen LogP contribution is -2.28. The molecule has 6 rings (SSSR count). The maximum Gasteiger partial charge on any atom is 0.335 e. The van der Waals surface area contributed by atoms with Crippen molar-refractivity contribution in [2.45, 2.75) is 18.4 Å². The molecule has 0 aliphatic heterocycles. The molecule has 122 valence electrons. The van der Waals surface area contributed by atoms with Gasteiger partial charge in [-0.2, -0.15) is 0 Å². The summed E-state index contributed by atoms with van der Waals surface area (Å²) in [5.41, 5.74) is 8.49. The zero-order valence-corrected chi connectivity index (χ0v) is 13.4. The van der Waals surface area contributed by atoms with Gasteiger partial charge in [-0.15, -0.1) is 0 Å². The Balaban J connectivity index is 1.83. The van der Waals surface area contributed by atoms with Crippen molar-refractivity contribution in [1.82, 2.24) is 0 Å². The van der Waals surface area contributed by atoms with Crippen LogP contribution in [0.15, 0.2) is 60.7 Å². The molecular formula is C22H16O3. The Labute approximate surface area is 145 Å². The van der Waals surface area contributed by atoms with Gasteiger partial charge >= 0.3 is 5.97 Å². The Morgan fingerprint density at radius 2 is 1.32 bits per heavy atom. The van der Waals surface area contributed by atoms with E-state index in [1.165, 1.54) is 27.8 Å². The average Bonchev–Trinajstić information content (AvgIpc) is 2.66. The van der Waals surface area contributed by atoms with Gasteiger partial charge in [0, 0.05) is 11.8 Å². The summed E-state index contributed by atoms with van der Waals surface area (Å²) in [6.45, 7) is 0.0249. The fraction of sp³-hybridized carbons (Fsp3) is 0.136. The van der Waals surface area contributed by atoms with Crippen molar-refractivity contribution < 1.29 is 15.0 Å². The highest BCUT2D eigenvalue weighted by Gasteiger charge is 2.41. The lowest BCUT2D eigenvalue weighted by molar-refractivity contribution is 0.0696. The highest BCUT2D eigenvalue weighted by atomic mass is 16.4. The third kappa shape index (κ3) is 1.87. The van der Waals surface area contributed by atoms with Gasteiger partial charge in [0.25, 0.3) is 0 Å². The number of hydrogen-bond donors (Lipinski definition) is 2. The molecule has 25 heavy (non-hydrogen) atoms. The van der Waals surface area contributed by atoms with E-state index in [0.29, 0.717) is 5.56 Å². The minimum atomic E-state index is -0.895. The standard InChI is InChI=1S/C22H16O3/c23-11-12-5-7-16-18(9-12)20-14-3-1-2-4-15(14)21(16)19-10-13(22(24)25)6-8-17(19)20/h1-10,20-21,23H,11H2,(H,24,25)/t20-,21-/m1/s1. The van der Waals surface area contributed by atoms with E-state index in [4.69, 9.17) is 0 Å². The van der Waals surface area contributed by atoms with Crippen molar-refractivity contribution >= 4 is 5.97 Å². The summed E-state index contributed by atoms with van der Waals surface area (Å²) in [6, 6.07) is 20.0. The van der Waals surface area contributed by atoms with E-state index >= 15 is 0 Å². The molecule has 0 saturated heterocycles. The van der Waals surface area contributed by atoms with Gasteiger partial charge < -0.3 is 10.2 Å². The molecule has 0 aromatic heterocycles. The molecule has 0 amide bonds. The van der Waals surface area contributed by atoms with Crippen LogP contribution in [-0.4, -0.2) is 16.2 Å². The number of hydrogen-bond acceptors (Lipinski definition) is 2. The van der Waals surface area contributed by atoms with Crippen LogP contribution in [0.25, 0.3) is 0 Å². The molecule has 3 aromatic rings. The van der Waals surface area contributed by atoms with E-state index in [1.807, 2.05) is 24.3 Å². The molecule has 3 aromatic carbocycles. The van der Waals surface area contributed by atoms with Gasteiger partial charge in [-0.3, -0.25) is 0 Å². The molecule has 3 nitrogen and oxygen atoms in total. The van der Waals surface area contributed by atoms with E-state index in [9.17, 15) is 15.0 Å². The minimum Gasteiger partial charge on any atom is -0.478 e. The maximum atomic E-state index is 11.4. The number of rotatable bonds is 2. The van der Waals surface area contributed by atoms with Crippen LogP contribution in [0, 0.1) is 0 Å². The monoisotopic (exact) mass is 328 g/mol. The summed E-state index contributed by atoms with van der Waals surface area (Å²) in [4.78, 5) is 11.4. The van der Waals surface area contributed by atoms with Crippen LogP contribution >= 0.6 is 0 Å². The van der Waals surface area contributed by atoms with Gasteiger partial charge in [0.2, 0.25) is 0 Å². The maximum absolute atomic E-state index is 11.4. The van der Waals surface area contributed by atoms with E-state index in [1.54, 1.807) is 6.07 Å². The van der Waals surface area contributed by atoms with Crippen LogP contribution in [0.5, 0.6) is 0 Å². The molecule has 3 heteroatoms. The number of aliphatic hydroxyl groups is 1. The van der Waals surface area contributed by atoms with Gasteiger partial charge in [-0.25, -0.2) is 4.79 Å². The molecule has 2 N–H and O–H groups in total. The summed E-state index contributed by atoms with van der Waals surface area (Å²) in [5.74, 6) is -0.743. The molecule has 2 atom stereocenters. The Hall–Kier alpha value is -2.91. The van der Waals surface area contributed by atoms with Crippen molar-refractivity contribution in [3.63, 3.8) is 0 Å². The Morgan fingerprint density at radius 1 is 0.760 bits per heavy atom. The second-order valence-electron chi connectivity index (χ2n) is 6.77. The van der Waals surface area contributed by atoms with E-state index < -0.39 is 5.97 Å². The molecule has 3 aliphatic carbocycles. The van der Waals surface area contributed by atoms with Crippen molar-refractivity contribution in [2.24, 2.45) is 0 Å². The van der Waals surface area contributed by atoms with Crippen LogP contribution in [0.4, 0.5) is 0 Å². The summed E-state index contributed by atoms with van der Waals surface area (Å²) in [6.07, 6.45) is 0. The van der Waals surface area contributed by atoms with Gasteiger partial charge in [0.15, 0.2) is 0 Å². The van der Waals surface area contributed by atoms with Gasteiger partial charge in [0.05, 0.1) is 12.2 Å². The predicted molar refractivity (Wildman–Crippen MR) is 94.1 cm³/mol. The quantitative estimate of drug-likeness (QED) is 0.517. The molecule has 0 heterocycles. The predicted octanol–water partition coefficient (Wildman–Crippen LogP) is 3.86. The van der Waals surface area contributed by atoms with E-state index in [-0.39, 0.29) is 18.4 Å². The molecular weight excluding hydrogens is 312 g/mol. The van der Waals surface area contributed by atoms with Crippen molar-refractivity contribution in [3.8, 4) is 0 Å². The molecule has 0 fully saturated rings. The highest BCUT2D eigenvalue weighted by molar-refractivity contribution is 5.88. The van der Waals surface area contributed by atoms with Crippen LogP contribution in [0.2, 0.25) is 0 Å². The third-order valence-corrected chi connectivity index (χ3v) is 5.53. The second kappa shape index (κ2) is 5.04. The Kier molecular flexibility index (Phi) is 2.91. The zero-order chi connectivity index (χ0) is 17.1. The number of aromatic carboxylic acids is 1. The third-order valence-electron chi connectivity index (χ3n) is 5.53. The van der Waals surface area contributed by atoms with Crippen molar-refractivity contribution in [2.75, 3.05) is 0 Å². The van der Waals surface area contributed by atoms with E-state index in [0.717, 1.165) is 11.1 Å². The Bertz CT molecular complexity index is 1040. The fourth-order valence-electron chi connectivity index (χ4n) is 4.50. The first-order chi connectivity index (χ1) is 12.2. The Morgan fingerprint density at radius 3 is 1.92 bits per heavy atom. The largest absolute Gasteiger partial charge is 0.478 e. The first-order valence-electron chi connectivity index (χ1n) is 8.38. The van der Waals surface area contributed by atoms with Gasteiger partial charge in [0.1, 0.15) is 0 Å². The second-order valence-corrected chi connectivity index (χ2v) is 6.77. The smallest absolute Gasteiger partial charge is 0.335 e. The van der Waals surface area contributed by atoms with Crippen molar-refractivity contribution in [3.05, 3.63) is 105 Å². The molecule has 3 aliphatic rings.